The molecular formula is C19H19N3O. The highest BCUT2D eigenvalue weighted by Gasteiger charge is 2.18. The van der Waals surface area contributed by atoms with Crippen molar-refractivity contribution in [1.82, 2.24) is 15.3 Å². The summed E-state index contributed by atoms with van der Waals surface area (Å²) < 4.78 is 0. The number of hydrogen-bond acceptors (Lipinski definition) is 2. The van der Waals surface area contributed by atoms with Crippen LogP contribution in [0.25, 0.3) is 0 Å². The van der Waals surface area contributed by atoms with Gasteiger partial charge in [-0.3, -0.25) is 9.78 Å². The normalized spacial score (nSPS) is 11.8. The largest absolute Gasteiger partial charge is 0.364 e. The molecule has 23 heavy (non-hydrogen) atoms. The molecular weight excluding hydrogens is 286 g/mol. The molecule has 0 spiro atoms. The van der Waals surface area contributed by atoms with Gasteiger partial charge in [0.25, 0.3) is 0 Å². The Morgan fingerprint density at radius 3 is 2.57 bits per heavy atom. The molecule has 0 aliphatic heterocycles. The third kappa shape index (κ3) is 4.07. The van der Waals surface area contributed by atoms with Gasteiger partial charge in [0.2, 0.25) is 5.91 Å². The number of nitrogens with one attached hydrogen (secondary N) is 2. The summed E-state index contributed by atoms with van der Waals surface area (Å²) in [4.78, 5) is 19.8. The van der Waals surface area contributed by atoms with Crippen molar-refractivity contribution in [1.29, 1.82) is 0 Å². The van der Waals surface area contributed by atoms with Crippen LogP contribution in [-0.2, 0) is 11.3 Å². The summed E-state index contributed by atoms with van der Waals surface area (Å²) in [5.41, 5.74) is 3.03. The second-order valence-corrected chi connectivity index (χ2v) is 5.39. The lowest BCUT2D eigenvalue weighted by molar-refractivity contribution is -0.121. The molecule has 116 valence electrons. The van der Waals surface area contributed by atoms with E-state index in [9.17, 15) is 4.79 Å². The van der Waals surface area contributed by atoms with E-state index in [1.165, 1.54) is 0 Å². The summed E-state index contributed by atoms with van der Waals surface area (Å²) in [7, 11) is 0. The fraction of sp³-hybridized carbons (Fsp3) is 0.158. The smallest absolute Gasteiger partial charge is 0.221 e. The molecule has 0 fully saturated rings. The van der Waals surface area contributed by atoms with Crippen LogP contribution in [0.5, 0.6) is 0 Å². The predicted molar refractivity (Wildman–Crippen MR) is 89.8 cm³/mol. The molecule has 0 radical (unpaired) electrons. The van der Waals surface area contributed by atoms with Gasteiger partial charge in [-0.05, 0) is 29.8 Å². The molecule has 0 bridgehead atoms. The lowest BCUT2D eigenvalue weighted by Crippen LogP contribution is -2.25. The lowest BCUT2D eigenvalue weighted by Gasteiger charge is -2.16. The number of aromatic nitrogens is 2. The Hall–Kier alpha value is -2.88. The topological polar surface area (TPSA) is 57.8 Å². The van der Waals surface area contributed by atoms with Crippen LogP contribution < -0.4 is 5.32 Å². The van der Waals surface area contributed by atoms with Crippen molar-refractivity contribution in [3.05, 3.63) is 90.0 Å². The van der Waals surface area contributed by atoms with E-state index in [2.05, 4.69) is 27.4 Å². The van der Waals surface area contributed by atoms with E-state index in [0.29, 0.717) is 13.0 Å². The zero-order valence-electron chi connectivity index (χ0n) is 12.8. The Balaban J connectivity index is 1.68. The van der Waals surface area contributed by atoms with Crippen molar-refractivity contribution in [2.45, 2.75) is 18.9 Å². The van der Waals surface area contributed by atoms with Crippen LogP contribution in [-0.4, -0.2) is 15.9 Å². The second-order valence-electron chi connectivity index (χ2n) is 5.39. The first-order chi connectivity index (χ1) is 11.3. The van der Waals surface area contributed by atoms with Crippen LogP contribution in [0.1, 0.15) is 29.3 Å². The minimum absolute atomic E-state index is 0.0131. The molecule has 0 saturated heterocycles. The van der Waals surface area contributed by atoms with Gasteiger partial charge in [0, 0.05) is 30.4 Å². The van der Waals surface area contributed by atoms with Gasteiger partial charge in [0.1, 0.15) is 0 Å². The van der Waals surface area contributed by atoms with E-state index in [4.69, 9.17) is 0 Å². The first kappa shape index (κ1) is 15.0. The summed E-state index contributed by atoms with van der Waals surface area (Å²) in [5, 5.41) is 2.95. The number of pyridine rings is 1. The summed E-state index contributed by atoms with van der Waals surface area (Å²) in [6.07, 6.45) is 4.02. The van der Waals surface area contributed by atoms with Crippen LogP contribution in [0.15, 0.2) is 73.1 Å². The van der Waals surface area contributed by atoms with E-state index < -0.39 is 0 Å². The second kappa shape index (κ2) is 7.40. The quantitative estimate of drug-likeness (QED) is 0.734. The Labute approximate surface area is 135 Å². The minimum Gasteiger partial charge on any atom is -0.364 e. The van der Waals surface area contributed by atoms with Gasteiger partial charge >= 0.3 is 0 Å². The predicted octanol–water partition coefficient (Wildman–Crippen LogP) is 3.25. The fourth-order valence-corrected chi connectivity index (χ4v) is 2.60. The van der Waals surface area contributed by atoms with E-state index in [1.54, 1.807) is 6.20 Å². The van der Waals surface area contributed by atoms with Gasteiger partial charge in [-0.15, -0.1) is 0 Å². The zero-order valence-corrected chi connectivity index (χ0v) is 12.8. The molecule has 1 aromatic carbocycles. The Kier molecular flexibility index (Phi) is 4.84. The van der Waals surface area contributed by atoms with Crippen LogP contribution in [0.2, 0.25) is 0 Å². The molecule has 2 aromatic heterocycles. The van der Waals surface area contributed by atoms with Crippen LogP contribution in [0.4, 0.5) is 0 Å². The Bertz CT molecular complexity index is 724. The molecule has 0 aliphatic carbocycles. The number of rotatable bonds is 6. The first-order valence-electron chi connectivity index (χ1n) is 7.68. The van der Waals surface area contributed by atoms with E-state index in [-0.39, 0.29) is 11.8 Å². The number of H-pyrrole nitrogens is 1. The molecule has 1 amide bonds. The average molecular weight is 305 g/mol. The minimum atomic E-state index is 0.0131. The maximum atomic E-state index is 12.3. The highest BCUT2D eigenvalue weighted by molar-refractivity contribution is 5.77. The van der Waals surface area contributed by atoms with Crippen LogP contribution >= 0.6 is 0 Å². The van der Waals surface area contributed by atoms with Crippen molar-refractivity contribution in [3.8, 4) is 0 Å². The zero-order chi connectivity index (χ0) is 15.9. The molecule has 0 saturated carbocycles. The van der Waals surface area contributed by atoms with Gasteiger partial charge in [-0.25, -0.2) is 0 Å². The average Bonchev–Trinajstić information content (AvgIpc) is 3.14. The maximum Gasteiger partial charge on any atom is 0.221 e. The third-order valence-corrected chi connectivity index (χ3v) is 3.78. The summed E-state index contributed by atoms with van der Waals surface area (Å²) >= 11 is 0. The summed E-state index contributed by atoms with van der Waals surface area (Å²) in [5.74, 6) is 0.0361. The van der Waals surface area contributed by atoms with E-state index >= 15 is 0 Å². The number of carbonyl (C=O) groups excluding carboxylic acids is 1. The molecule has 4 heteroatoms. The van der Waals surface area contributed by atoms with Gasteiger partial charge in [0.05, 0.1) is 12.2 Å². The lowest BCUT2D eigenvalue weighted by atomic mass is 9.92. The molecule has 0 aliphatic rings. The van der Waals surface area contributed by atoms with Gasteiger partial charge in [0.15, 0.2) is 0 Å². The van der Waals surface area contributed by atoms with Crippen LogP contribution in [0, 0.1) is 0 Å². The Morgan fingerprint density at radius 2 is 1.87 bits per heavy atom. The van der Waals surface area contributed by atoms with Gasteiger partial charge < -0.3 is 10.3 Å². The van der Waals surface area contributed by atoms with Gasteiger partial charge in [-0.2, -0.15) is 0 Å². The highest BCUT2D eigenvalue weighted by atomic mass is 16.1. The van der Waals surface area contributed by atoms with Crippen molar-refractivity contribution < 1.29 is 4.79 Å². The standard InChI is InChI=1S/C19H19N3O/c23-19(22-14-16-9-4-5-11-20-16)13-17(18-10-6-12-21-18)15-7-2-1-3-8-15/h1-12,17,21H,13-14H2,(H,22,23). The monoisotopic (exact) mass is 305 g/mol. The SMILES string of the molecule is O=C(CC(c1ccccc1)c1ccc[nH]1)NCc1ccccn1. The van der Waals surface area contributed by atoms with E-state index in [1.807, 2.05) is 54.7 Å². The molecule has 4 nitrogen and oxygen atoms in total. The maximum absolute atomic E-state index is 12.3. The molecule has 1 unspecified atom stereocenters. The van der Waals surface area contributed by atoms with Crippen molar-refractivity contribution >= 4 is 5.91 Å². The molecule has 2 N–H and O–H groups in total. The van der Waals surface area contributed by atoms with Crippen molar-refractivity contribution in [2.24, 2.45) is 0 Å². The molecule has 3 rings (SSSR count). The summed E-state index contributed by atoms with van der Waals surface area (Å²) in [6.45, 7) is 0.450. The van der Waals surface area contributed by atoms with Crippen molar-refractivity contribution in [2.75, 3.05) is 0 Å². The molecule has 3 aromatic rings. The number of benzene rings is 1. The first-order valence-corrected chi connectivity index (χ1v) is 7.68. The van der Waals surface area contributed by atoms with Crippen LogP contribution in [0.3, 0.4) is 0 Å². The third-order valence-electron chi connectivity index (χ3n) is 3.78. The van der Waals surface area contributed by atoms with E-state index in [0.717, 1.165) is 17.0 Å². The van der Waals surface area contributed by atoms with Crippen molar-refractivity contribution in [3.63, 3.8) is 0 Å². The fourth-order valence-electron chi connectivity index (χ4n) is 2.60. The number of amides is 1. The molecule has 2 heterocycles. The number of hydrogen-bond donors (Lipinski definition) is 2. The Morgan fingerprint density at radius 1 is 1.04 bits per heavy atom. The van der Waals surface area contributed by atoms with Gasteiger partial charge in [-0.1, -0.05) is 36.4 Å². The number of aromatic amines is 1. The highest BCUT2D eigenvalue weighted by Crippen LogP contribution is 2.26. The number of carbonyl (C=O) groups is 1. The molecule has 1 atom stereocenters. The summed E-state index contributed by atoms with van der Waals surface area (Å²) in [6, 6.07) is 19.7. The number of nitrogens with zero attached hydrogens (tertiary/aromatic N) is 1.